The summed E-state index contributed by atoms with van der Waals surface area (Å²) in [6, 6.07) is 6.13. The van der Waals surface area contributed by atoms with Crippen LogP contribution >= 0.6 is 0 Å². The fourth-order valence-electron chi connectivity index (χ4n) is 2.23. The Balaban J connectivity index is 2.87. The topological polar surface area (TPSA) is 3.88 Å². The van der Waals surface area contributed by atoms with E-state index in [0.29, 0.717) is 16.8 Å². The number of rotatable bonds is 3. The standard InChI is InChI=1S/C19H26N/c1-13(2)9-17-11-19(20(6)12-16(17)5)18-8-7-14(3)10-15(18)4/h7-8,10-13H,9H2,1-6H3/q+1/i3D3,5D3,9D2,12D. The molecular weight excluding hydrogens is 242 g/mol. The molecule has 2 rings (SSSR count). The summed E-state index contributed by atoms with van der Waals surface area (Å²) in [5.41, 5.74) is 1.56. The van der Waals surface area contributed by atoms with Gasteiger partial charge in [-0.15, -0.1) is 0 Å². The van der Waals surface area contributed by atoms with Gasteiger partial charge in [0.05, 0.1) is 0 Å². The van der Waals surface area contributed by atoms with Crippen molar-refractivity contribution < 1.29 is 16.9 Å². The zero-order valence-electron chi connectivity index (χ0n) is 21.3. The van der Waals surface area contributed by atoms with Crippen LogP contribution < -0.4 is 4.57 Å². The van der Waals surface area contributed by atoms with E-state index in [2.05, 4.69) is 0 Å². The molecule has 0 N–H and O–H groups in total. The first-order valence-corrected chi connectivity index (χ1v) is 6.65. The largest absolute Gasteiger partial charge is 0.212 e. The molecule has 0 bridgehead atoms. The average molecular weight is 277 g/mol. The van der Waals surface area contributed by atoms with Crippen LogP contribution in [0.1, 0.15) is 48.4 Å². The van der Waals surface area contributed by atoms with Gasteiger partial charge in [0.15, 0.2) is 6.17 Å². The second kappa shape index (κ2) is 5.78. The number of benzene rings is 1. The Bertz CT molecular complexity index is 925. The first kappa shape index (κ1) is 6.89. The Morgan fingerprint density at radius 3 is 2.65 bits per heavy atom. The fraction of sp³-hybridized carbons (Fsp3) is 0.421. The van der Waals surface area contributed by atoms with Crippen LogP contribution in [-0.2, 0) is 13.4 Å². The van der Waals surface area contributed by atoms with Crippen molar-refractivity contribution in [2.24, 2.45) is 13.0 Å². The van der Waals surface area contributed by atoms with Crippen molar-refractivity contribution in [2.75, 3.05) is 0 Å². The van der Waals surface area contributed by atoms with Crippen LogP contribution in [0.5, 0.6) is 0 Å². The third kappa shape index (κ3) is 3.09. The summed E-state index contributed by atoms with van der Waals surface area (Å²) >= 11 is 0. The molecule has 1 aromatic heterocycles. The quantitative estimate of drug-likeness (QED) is 0.736. The zero-order valence-corrected chi connectivity index (χ0v) is 12.3. The zero-order chi connectivity index (χ0) is 22.5. The summed E-state index contributed by atoms with van der Waals surface area (Å²) < 4.78 is 73.1. The monoisotopic (exact) mass is 277 g/mol. The third-order valence-electron chi connectivity index (χ3n) is 3.14. The van der Waals surface area contributed by atoms with Gasteiger partial charge in [0.1, 0.15) is 8.42 Å². The van der Waals surface area contributed by atoms with Gasteiger partial charge in [-0.2, -0.15) is 0 Å². The number of pyridine rings is 1. The van der Waals surface area contributed by atoms with E-state index in [1.54, 1.807) is 40.0 Å². The highest BCUT2D eigenvalue weighted by molar-refractivity contribution is 5.62. The van der Waals surface area contributed by atoms with E-state index < -0.39 is 26.0 Å². The molecule has 0 aliphatic heterocycles. The third-order valence-corrected chi connectivity index (χ3v) is 3.14. The Kier molecular flexibility index (Phi) is 1.99. The second-order valence-corrected chi connectivity index (χ2v) is 5.32. The van der Waals surface area contributed by atoms with Gasteiger partial charge >= 0.3 is 0 Å². The van der Waals surface area contributed by atoms with Crippen molar-refractivity contribution in [3.63, 3.8) is 0 Å². The van der Waals surface area contributed by atoms with E-state index in [9.17, 15) is 0 Å². The van der Waals surface area contributed by atoms with E-state index in [1.165, 1.54) is 16.7 Å². The van der Waals surface area contributed by atoms with E-state index >= 15 is 0 Å². The van der Waals surface area contributed by atoms with Crippen LogP contribution in [0, 0.1) is 26.5 Å². The van der Waals surface area contributed by atoms with Crippen molar-refractivity contribution in [3.05, 3.63) is 52.7 Å². The van der Waals surface area contributed by atoms with Gasteiger partial charge in [-0.3, -0.25) is 0 Å². The lowest BCUT2D eigenvalue weighted by Gasteiger charge is -2.11. The highest BCUT2D eigenvalue weighted by Gasteiger charge is 2.16. The summed E-state index contributed by atoms with van der Waals surface area (Å²) in [6.45, 7) is 0.164. The molecule has 0 radical (unpaired) electrons. The van der Waals surface area contributed by atoms with Crippen LogP contribution in [0.25, 0.3) is 11.3 Å². The molecule has 0 saturated carbocycles. The van der Waals surface area contributed by atoms with Crippen LogP contribution in [0.3, 0.4) is 0 Å². The second-order valence-electron chi connectivity index (χ2n) is 5.32. The lowest BCUT2D eigenvalue weighted by Crippen LogP contribution is -2.32. The predicted octanol–water partition coefficient (Wildman–Crippen LogP) is 4.30. The minimum Gasteiger partial charge on any atom is -0.201 e. The minimum atomic E-state index is -2.65. The predicted molar refractivity (Wildman–Crippen MR) is 85.8 cm³/mol. The van der Waals surface area contributed by atoms with Crippen molar-refractivity contribution >= 4 is 0 Å². The number of nitrogens with zero attached hydrogens (tertiary/aromatic N) is 1. The number of aromatic nitrogens is 1. The SMILES string of the molecule is [2H]c1c(C([2H])([2H])[2H])c(C([2H])([2H])C(C)C)cc(-c2ccc(C([2H])([2H])[2H])cc2C)[n+]1C. The number of hydrogen-bond donors (Lipinski definition) is 0. The van der Waals surface area contributed by atoms with Crippen molar-refractivity contribution in [1.82, 2.24) is 0 Å². The van der Waals surface area contributed by atoms with E-state index in [0.717, 1.165) is 0 Å². The molecule has 0 atom stereocenters. The molecule has 2 aromatic rings. The smallest absolute Gasteiger partial charge is 0.201 e. The highest BCUT2D eigenvalue weighted by atomic mass is 14.9. The lowest BCUT2D eigenvalue weighted by atomic mass is 9.96. The van der Waals surface area contributed by atoms with Gasteiger partial charge in [-0.25, -0.2) is 4.57 Å². The number of aryl methyl sites for hydroxylation is 2. The minimum absolute atomic E-state index is 0.0371. The molecule has 0 fully saturated rings. The molecule has 0 aliphatic rings. The molecule has 1 aromatic carbocycles. The van der Waals surface area contributed by atoms with E-state index in [4.69, 9.17) is 12.3 Å². The van der Waals surface area contributed by atoms with Gasteiger partial charge in [0.2, 0.25) is 5.69 Å². The molecular formula is C19H26N+. The Morgan fingerprint density at radius 1 is 1.25 bits per heavy atom. The van der Waals surface area contributed by atoms with E-state index in [-0.39, 0.29) is 22.9 Å². The highest BCUT2D eigenvalue weighted by Crippen LogP contribution is 2.24. The maximum atomic E-state index is 8.49. The Labute approximate surface area is 135 Å². The summed E-state index contributed by atoms with van der Waals surface area (Å²) in [7, 11) is 1.55. The summed E-state index contributed by atoms with van der Waals surface area (Å²) in [5.74, 6) is -0.511. The Hall–Kier alpha value is -1.63. The summed E-state index contributed by atoms with van der Waals surface area (Å²) in [5, 5.41) is 0. The maximum absolute atomic E-state index is 8.49. The molecule has 0 unspecified atom stereocenters. The van der Waals surface area contributed by atoms with Crippen LogP contribution in [0.15, 0.2) is 30.4 Å². The van der Waals surface area contributed by atoms with Gasteiger partial charge in [-0.05, 0) is 50.1 Å². The van der Waals surface area contributed by atoms with Crippen LogP contribution in [0.2, 0.25) is 0 Å². The first-order valence-electron chi connectivity index (χ1n) is 11.2. The lowest BCUT2D eigenvalue weighted by molar-refractivity contribution is -0.660. The average Bonchev–Trinajstić information content (AvgIpc) is 2.55. The first-order chi connectivity index (χ1) is 13.0. The maximum Gasteiger partial charge on any atom is 0.212 e. The van der Waals surface area contributed by atoms with Gasteiger partial charge in [-0.1, -0.05) is 31.5 Å². The van der Waals surface area contributed by atoms with Crippen molar-refractivity contribution in [1.29, 1.82) is 0 Å². The molecule has 1 heterocycles. The van der Waals surface area contributed by atoms with Gasteiger partial charge < -0.3 is 0 Å². The molecule has 1 nitrogen and oxygen atoms in total. The molecule has 0 amide bonds. The van der Waals surface area contributed by atoms with Crippen LogP contribution in [-0.4, -0.2) is 0 Å². The molecule has 0 spiro atoms. The molecule has 1 heteroatoms. The van der Waals surface area contributed by atoms with Gasteiger partial charge in [0, 0.05) is 28.2 Å². The molecule has 0 aliphatic carbocycles. The Morgan fingerprint density at radius 2 is 2.05 bits per heavy atom. The molecule has 20 heavy (non-hydrogen) atoms. The van der Waals surface area contributed by atoms with Crippen molar-refractivity contribution in [3.8, 4) is 11.3 Å². The number of hydrogen-bond acceptors (Lipinski definition) is 0. The normalized spacial score (nSPS) is 19.8. The van der Waals surface area contributed by atoms with E-state index in [1.807, 2.05) is 0 Å². The molecule has 106 valence electrons. The molecule has 0 saturated heterocycles. The fourth-order valence-corrected chi connectivity index (χ4v) is 2.23. The van der Waals surface area contributed by atoms with Crippen LogP contribution in [0.4, 0.5) is 0 Å². The van der Waals surface area contributed by atoms with Gasteiger partial charge in [0.25, 0.3) is 0 Å². The van der Waals surface area contributed by atoms with Crippen molar-refractivity contribution in [2.45, 2.75) is 40.8 Å². The summed E-state index contributed by atoms with van der Waals surface area (Å²) in [6.07, 6.45) is -2.25. The summed E-state index contributed by atoms with van der Waals surface area (Å²) in [4.78, 5) is 0.